The summed E-state index contributed by atoms with van der Waals surface area (Å²) in [6.07, 6.45) is 0. The maximum atomic E-state index is 12.8. The normalized spacial score (nSPS) is 10.2. The monoisotopic (exact) mass is 310 g/mol. The van der Waals surface area contributed by atoms with Gasteiger partial charge < -0.3 is 0 Å². The first-order chi connectivity index (χ1) is 8.56. The van der Waals surface area contributed by atoms with Gasteiger partial charge in [0, 0.05) is 12.5 Å². The molecule has 0 fully saturated rings. The van der Waals surface area contributed by atoms with Gasteiger partial charge in [0.2, 0.25) is 11.9 Å². The Balaban J connectivity index is 2.42. The summed E-state index contributed by atoms with van der Waals surface area (Å²) in [5.41, 5.74) is 1.15. The Labute approximate surface area is 111 Å². The van der Waals surface area contributed by atoms with Crippen LogP contribution in [-0.2, 0) is 4.79 Å². The van der Waals surface area contributed by atoms with E-state index in [2.05, 4.69) is 36.4 Å². The minimum absolute atomic E-state index is 0.102. The second kappa shape index (κ2) is 5.18. The zero-order valence-corrected chi connectivity index (χ0v) is 10.9. The van der Waals surface area contributed by atoms with Crippen molar-refractivity contribution < 1.29 is 9.18 Å². The number of nitrogens with zero attached hydrogens (tertiary/aromatic N) is 3. The number of hydrogen-bond acceptors (Lipinski definition) is 4. The summed E-state index contributed by atoms with van der Waals surface area (Å²) in [5.74, 6) is -0.520. The van der Waals surface area contributed by atoms with Gasteiger partial charge in [0.1, 0.15) is 11.5 Å². The van der Waals surface area contributed by atoms with E-state index in [1.165, 1.54) is 19.1 Å². The molecule has 7 heteroatoms. The molecule has 1 aromatic heterocycles. The van der Waals surface area contributed by atoms with Crippen LogP contribution in [0.4, 0.5) is 10.3 Å². The zero-order valence-electron chi connectivity index (χ0n) is 9.32. The maximum Gasteiger partial charge on any atom is 0.250 e. The molecule has 1 N–H and O–H groups in total. The van der Waals surface area contributed by atoms with Crippen molar-refractivity contribution in [2.24, 2.45) is 0 Å². The molecule has 0 atom stereocenters. The SMILES string of the molecule is CC(=O)Nc1nnc(Br)c(-c2ccc(F)cc2)n1. The largest absolute Gasteiger partial charge is 0.293 e. The Morgan fingerprint density at radius 2 is 1.94 bits per heavy atom. The molecular weight excluding hydrogens is 303 g/mol. The van der Waals surface area contributed by atoms with Crippen LogP contribution in [-0.4, -0.2) is 21.1 Å². The molecule has 0 aliphatic carbocycles. The van der Waals surface area contributed by atoms with E-state index in [0.717, 1.165) is 0 Å². The number of rotatable bonds is 2. The van der Waals surface area contributed by atoms with Gasteiger partial charge in [-0.15, -0.1) is 10.2 Å². The van der Waals surface area contributed by atoms with Crippen LogP contribution >= 0.6 is 15.9 Å². The van der Waals surface area contributed by atoms with Gasteiger partial charge in [-0.3, -0.25) is 10.1 Å². The third-order valence-electron chi connectivity index (χ3n) is 2.05. The van der Waals surface area contributed by atoms with Crippen LogP contribution in [0.3, 0.4) is 0 Å². The third kappa shape index (κ3) is 2.86. The van der Waals surface area contributed by atoms with Crippen molar-refractivity contribution >= 4 is 27.8 Å². The molecule has 18 heavy (non-hydrogen) atoms. The summed E-state index contributed by atoms with van der Waals surface area (Å²) >= 11 is 3.21. The number of aromatic nitrogens is 3. The van der Waals surface area contributed by atoms with Gasteiger partial charge in [0.05, 0.1) is 0 Å². The van der Waals surface area contributed by atoms with Crippen LogP contribution in [0.5, 0.6) is 0 Å². The molecule has 92 valence electrons. The van der Waals surface area contributed by atoms with E-state index >= 15 is 0 Å². The quantitative estimate of drug-likeness (QED) is 0.925. The number of carbonyl (C=O) groups excluding carboxylic acids is 1. The molecule has 0 saturated carbocycles. The Kier molecular flexibility index (Phi) is 3.61. The van der Waals surface area contributed by atoms with Crippen molar-refractivity contribution in [2.75, 3.05) is 5.32 Å². The summed E-state index contributed by atoms with van der Waals surface area (Å²) < 4.78 is 13.3. The average Bonchev–Trinajstić information content (AvgIpc) is 2.32. The van der Waals surface area contributed by atoms with Gasteiger partial charge in [0.15, 0.2) is 4.60 Å². The second-order valence-corrected chi connectivity index (χ2v) is 4.21. The fourth-order valence-electron chi connectivity index (χ4n) is 1.31. The molecule has 5 nitrogen and oxygen atoms in total. The fraction of sp³-hybridized carbons (Fsp3) is 0.0909. The number of hydrogen-bond donors (Lipinski definition) is 1. The van der Waals surface area contributed by atoms with E-state index in [9.17, 15) is 9.18 Å². The molecule has 0 aliphatic rings. The predicted molar refractivity (Wildman–Crippen MR) is 67.2 cm³/mol. The fourth-order valence-corrected chi connectivity index (χ4v) is 1.71. The Bertz CT molecular complexity index is 588. The molecule has 0 saturated heterocycles. The first-order valence-corrected chi connectivity index (χ1v) is 5.79. The van der Waals surface area contributed by atoms with Crippen LogP contribution in [0.2, 0.25) is 0 Å². The zero-order chi connectivity index (χ0) is 13.1. The highest BCUT2D eigenvalue weighted by molar-refractivity contribution is 9.10. The molecule has 1 aromatic carbocycles. The van der Waals surface area contributed by atoms with Crippen LogP contribution in [0.15, 0.2) is 28.9 Å². The molecule has 0 bridgehead atoms. The second-order valence-electron chi connectivity index (χ2n) is 3.46. The third-order valence-corrected chi connectivity index (χ3v) is 2.59. The summed E-state index contributed by atoms with van der Waals surface area (Å²) in [6, 6.07) is 5.78. The number of benzene rings is 1. The van der Waals surface area contributed by atoms with Crippen molar-refractivity contribution in [3.8, 4) is 11.3 Å². The Morgan fingerprint density at radius 3 is 2.56 bits per heavy atom. The van der Waals surface area contributed by atoms with Crippen LogP contribution in [0.1, 0.15) is 6.92 Å². The highest BCUT2D eigenvalue weighted by Crippen LogP contribution is 2.24. The van der Waals surface area contributed by atoms with E-state index in [0.29, 0.717) is 15.9 Å². The Hall–Kier alpha value is -1.89. The van der Waals surface area contributed by atoms with Gasteiger partial charge in [-0.1, -0.05) is 0 Å². The lowest BCUT2D eigenvalue weighted by Gasteiger charge is -2.05. The van der Waals surface area contributed by atoms with E-state index < -0.39 is 0 Å². The highest BCUT2D eigenvalue weighted by Gasteiger charge is 2.10. The molecule has 0 aliphatic heterocycles. The smallest absolute Gasteiger partial charge is 0.250 e. The number of halogens is 2. The topological polar surface area (TPSA) is 67.8 Å². The number of anilines is 1. The standard InChI is InChI=1S/C11H8BrFN4O/c1-6(18)14-11-15-9(10(12)16-17-11)7-2-4-8(13)5-3-7/h2-5H,1H3,(H,14,15,17,18). The van der Waals surface area contributed by atoms with Gasteiger partial charge in [-0.05, 0) is 40.2 Å². The van der Waals surface area contributed by atoms with E-state index in [1.54, 1.807) is 12.1 Å². The molecule has 1 heterocycles. The first kappa shape index (κ1) is 12.6. The Morgan fingerprint density at radius 1 is 1.28 bits per heavy atom. The predicted octanol–water partition coefficient (Wildman–Crippen LogP) is 2.40. The minimum atomic E-state index is -0.334. The first-order valence-electron chi connectivity index (χ1n) is 5.00. The average molecular weight is 311 g/mol. The number of amides is 1. The van der Waals surface area contributed by atoms with Crippen molar-refractivity contribution in [2.45, 2.75) is 6.92 Å². The van der Waals surface area contributed by atoms with Crippen molar-refractivity contribution in [3.63, 3.8) is 0 Å². The molecule has 0 spiro atoms. The number of nitrogens with one attached hydrogen (secondary N) is 1. The van der Waals surface area contributed by atoms with Crippen LogP contribution in [0, 0.1) is 5.82 Å². The molecule has 2 rings (SSSR count). The van der Waals surface area contributed by atoms with Crippen molar-refractivity contribution in [3.05, 3.63) is 34.7 Å². The van der Waals surface area contributed by atoms with Crippen LogP contribution < -0.4 is 5.32 Å². The molecular formula is C11H8BrFN4O. The van der Waals surface area contributed by atoms with Gasteiger partial charge in [-0.2, -0.15) is 0 Å². The van der Waals surface area contributed by atoms with Gasteiger partial charge in [0.25, 0.3) is 0 Å². The molecule has 0 radical (unpaired) electrons. The summed E-state index contributed by atoms with van der Waals surface area (Å²) in [7, 11) is 0. The van der Waals surface area contributed by atoms with Crippen LogP contribution in [0.25, 0.3) is 11.3 Å². The number of carbonyl (C=O) groups is 1. The summed E-state index contributed by atoms with van der Waals surface area (Å²) in [5, 5.41) is 9.97. The lowest BCUT2D eigenvalue weighted by molar-refractivity contribution is -0.114. The van der Waals surface area contributed by atoms with Crippen molar-refractivity contribution in [1.29, 1.82) is 0 Å². The lowest BCUT2D eigenvalue weighted by Crippen LogP contribution is -2.10. The maximum absolute atomic E-state index is 12.8. The van der Waals surface area contributed by atoms with Gasteiger partial charge >= 0.3 is 0 Å². The minimum Gasteiger partial charge on any atom is -0.293 e. The highest BCUT2D eigenvalue weighted by atomic mass is 79.9. The van der Waals surface area contributed by atoms with E-state index in [4.69, 9.17) is 0 Å². The molecule has 0 unspecified atom stereocenters. The molecule has 1 amide bonds. The summed E-state index contributed by atoms with van der Waals surface area (Å²) in [6.45, 7) is 1.35. The van der Waals surface area contributed by atoms with E-state index in [1.807, 2.05) is 0 Å². The lowest BCUT2D eigenvalue weighted by atomic mass is 10.2. The van der Waals surface area contributed by atoms with Gasteiger partial charge in [-0.25, -0.2) is 9.37 Å². The van der Waals surface area contributed by atoms with Crippen molar-refractivity contribution in [1.82, 2.24) is 15.2 Å². The van der Waals surface area contributed by atoms with E-state index in [-0.39, 0.29) is 17.7 Å². The molecule has 2 aromatic rings. The summed E-state index contributed by atoms with van der Waals surface area (Å²) in [4.78, 5) is 15.0.